The van der Waals surface area contributed by atoms with Crippen LogP contribution in [-0.4, -0.2) is 64.4 Å². The molecule has 1 aromatic rings. The summed E-state index contributed by atoms with van der Waals surface area (Å²) in [4.78, 5) is 45.7. The number of benzene rings is 1. The van der Waals surface area contributed by atoms with E-state index >= 15 is 0 Å². The topological polar surface area (TPSA) is 149 Å². The van der Waals surface area contributed by atoms with Gasteiger partial charge in [0.15, 0.2) is 0 Å². The van der Waals surface area contributed by atoms with E-state index in [-0.39, 0.29) is 6.61 Å². The van der Waals surface area contributed by atoms with Crippen molar-refractivity contribution in [2.45, 2.75) is 12.7 Å². The number of nitrogens with one attached hydrogen (secondary N) is 2. The molecule has 0 saturated carbocycles. The Balaban J connectivity index is 2.84. The first-order valence-electron chi connectivity index (χ1n) is 6.92. The molecule has 0 bridgehead atoms. The second-order valence-corrected chi connectivity index (χ2v) is 4.81. The fourth-order valence-corrected chi connectivity index (χ4v) is 1.57. The van der Waals surface area contributed by atoms with Gasteiger partial charge in [-0.3, -0.25) is 20.4 Å². The molecule has 136 valence electrons. The van der Waals surface area contributed by atoms with E-state index in [4.69, 9.17) is 14.9 Å². The Kier molecular flexibility index (Phi) is 7.16. The molecule has 0 spiro atoms. The van der Waals surface area contributed by atoms with Crippen LogP contribution in [0.3, 0.4) is 0 Å². The molecular formula is C14H18N4O7. The third-order valence-electron chi connectivity index (χ3n) is 2.87. The van der Waals surface area contributed by atoms with Crippen LogP contribution >= 0.6 is 0 Å². The minimum absolute atomic E-state index is 0.125. The quantitative estimate of drug-likeness (QED) is 0.424. The predicted molar refractivity (Wildman–Crippen MR) is 82.9 cm³/mol. The smallest absolute Gasteiger partial charge is 0.425 e. The summed E-state index contributed by atoms with van der Waals surface area (Å²) in [6.45, 7) is -0.125. The van der Waals surface area contributed by atoms with Gasteiger partial charge in [-0.05, 0) is 5.56 Å². The summed E-state index contributed by atoms with van der Waals surface area (Å²) in [5.74, 6) is -2.14. The first-order valence-corrected chi connectivity index (χ1v) is 6.92. The number of rotatable bonds is 5. The first kappa shape index (κ1) is 19.7. The maximum Gasteiger partial charge on any atom is 0.425 e. The molecule has 0 heterocycles. The number of carbonyl (C=O) groups is 4. The summed E-state index contributed by atoms with van der Waals surface area (Å²) in [5.41, 5.74) is 4.54. The fourth-order valence-electron chi connectivity index (χ4n) is 1.57. The fraction of sp³-hybridized carbons (Fsp3) is 0.286. The van der Waals surface area contributed by atoms with Crippen molar-refractivity contribution in [3.8, 4) is 0 Å². The van der Waals surface area contributed by atoms with E-state index in [2.05, 4.69) is 0 Å². The Morgan fingerprint density at radius 3 is 1.80 bits per heavy atom. The number of amides is 4. The molecule has 0 aliphatic carbocycles. The number of ether oxygens (including phenoxy) is 1. The zero-order valence-electron chi connectivity index (χ0n) is 13.5. The van der Waals surface area contributed by atoms with E-state index in [1.165, 1.54) is 0 Å². The molecule has 0 saturated heterocycles. The zero-order chi connectivity index (χ0) is 19.0. The Morgan fingerprint density at radius 2 is 1.40 bits per heavy atom. The molecule has 0 aromatic heterocycles. The molecule has 4 N–H and O–H groups in total. The van der Waals surface area contributed by atoms with Gasteiger partial charge < -0.3 is 14.9 Å². The van der Waals surface area contributed by atoms with E-state index in [1.54, 1.807) is 30.3 Å². The van der Waals surface area contributed by atoms with E-state index in [9.17, 15) is 19.2 Å². The molecule has 0 aliphatic heterocycles. The van der Waals surface area contributed by atoms with Crippen molar-refractivity contribution in [3.05, 3.63) is 35.9 Å². The van der Waals surface area contributed by atoms with Gasteiger partial charge in [0, 0.05) is 14.1 Å². The number of nitrogens with zero attached hydrogens (tertiary/aromatic N) is 2. The molecule has 11 heteroatoms. The Labute approximate surface area is 142 Å². The highest BCUT2D eigenvalue weighted by Crippen LogP contribution is 2.05. The van der Waals surface area contributed by atoms with E-state index in [0.717, 1.165) is 14.1 Å². The lowest BCUT2D eigenvalue weighted by Gasteiger charge is -2.22. The standard InChI is InChI=1S/C14H18N4O7/c1-17(13(21)22)15-11(19)10(12(20)16-18(2)14(23)24)25-8-9-6-4-3-5-7-9/h3-7,10H,8H2,1-2H3,(H,15,19)(H,16,20)(H,21,22)(H,23,24). The highest BCUT2D eigenvalue weighted by atomic mass is 16.5. The number of carboxylic acid groups (broad SMARTS) is 2. The van der Waals surface area contributed by atoms with Gasteiger partial charge in [0.05, 0.1) is 6.61 Å². The first-order chi connectivity index (χ1) is 11.7. The van der Waals surface area contributed by atoms with Gasteiger partial charge in [-0.25, -0.2) is 19.6 Å². The molecule has 11 nitrogen and oxygen atoms in total. The van der Waals surface area contributed by atoms with Crippen molar-refractivity contribution in [1.82, 2.24) is 20.9 Å². The number of hydrazine groups is 2. The van der Waals surface area contributed by atoms with E-state index in [0.29, 0.717) is 15.6 Å². The van der Waals surface area contributed by atoms with Crippen LogP contribution in [-0.2, 0) is 20.9 Å². The summed E-state index contributed by atoms with van der Waals surface area (Å²) < 4.78 is 5.25. The maximum absolute atomic E-state index is 12.1. The lowest BCUT2D eigenvalue weighted by molar-refractivity contribution is -0.150. The SMILES string of the molecule is CN(NC(=O)C(OCc1ccccc1)C(=O)NN(C)C(=O)O)C(=O)O. The number of hydrogen-bond acceptors (Lipinski definition) is 5. The highest BCUT2D eigenvalue weighted by molar-refractivity contribution is 6.03. The van der Waals surface area contributed by atoms with Crippen LogP contribution in [0.25, 0.3) is 0 Å². The van der Waals surface area contributed by atoms with Crippen LogP contribution < -0.4 is 10.9 Å². The minimum atomic E-state index is -1.77. The maximum atomic E-state index is 12.1. The van der Waals surface area contributed by atoms with Gasteiger partial charge in [-0.15, -0.1) is 0 Å². The summed E-state index contributed by atoms with van der Waals surface area (Å²) in [5, 5.41) is 18.4. The molecule has 25 heavy (non-hydrogen) atoms. The molecule has 4 amide bonds. The number of hydrogen-bond donors (Lipinski definition) is 4. The molecule has 0 atom stereocenters. The Bertz CT molecular complexity index is 603. The van der Waals surface area contributed by atoms with Crippen LogP contribution in [0, 0.1) is 0 Å². The van der Waals surface area contributed by atoms with Gasteiger partial charge in [0.2, 0.25) is 6.10 Å². The monoisotopic (exact) mass is 354 g/mol. The summed E-state index contributed by atoms with van der Waals surface area (Å²) in [6, 6.07) is 8.61. The van der Waals surface area contributed by atoms with Gasteiger partial charge in [0.25, 0.3) is 11.8 Å². The lowest BCUT2D eigenvalue weighted by Crippen LogP contribution is -2.55. The van der Waals surface area contributed by atoms with Crippen LogP contribution in [0.15, 0.2) is 30.3 Å². The van der Waals surface area contributed by atoms with Gasteiger partial charge in [-0.1, -0.05) is 30.3 Å². The molecule has 0 radical (unpaired) electrons. The highest BCUT2D eigenvalue weighted by Gasteiger charge is 2.30. The molecule has 1 rings (SSSR count). The normalized spacial score (nSPS) is 10.0. The van der Waals surface area contributed by atoms with E-state index < -0.39 is 30.1 Å². The van der Waals surface area contributed by atoms with Crippen molar-refractivity contribution >= 4 is 24.0 Å². The molecule has 1 aromatic carbocycles. The van der Waals surface area contributed by atoms with Crippen molar-refractivity contribution in [2.75, 3.05) is 14.1 Å². The minimum Gasteiger partial charge on any atom is -0.464 e. The zero-order valence-corrected chi connectivity index (χ0v) is 13.5. The van der Waals surface area contributed by atoms with Crippen molar-refractivity contribution in [2.24, 2.45) is 0 Å². The van der Waals surface area contributed by atoms with Crippen molar-refractivity contribution < 1.29 is 34.1 Å². The summed E-state index contributed by atoms with van der Waals surface area (Å²) in [6.07, 6.45) is -4.69. The second kappa shape index (κ2) is 9.08. The van der Waals surface area contributed by atoms with Crippen molar-refractivity contribution in [3.63, 3.8) is 0 Å². The van der Waals surface area contributed by atoms with Crippen LogP contribution in [0.2, 0.25) is 0 Å². The van der Waals surface area contributed by atoms with Gasteiger partial charge in [0.1, 0.15) is 0 Å². The number of carbonyl (C=O) groups excluding carboxylic acids is 2. The second-order valence-electron chi connectivity index (χ2n) is 4.81. The molecule has 0 fully saturated rings. The average molecular weight is 354 g/mol. The molecule has 0 unspecified atom stereocenters. The van der Waals surface area contributed by atoms with Crippen LogP contribution in [0.1, 0.15) is 5.56 Å². The third-order valence-corrected chi connectivity index (χ3v) is 2.87. The molecular weight excluding hydrogens is 336 g/mol. The third kappa shape index (κ3) is 6.35. The van der Waals surface area contributed by atoms with Crippen LogP contribution in [0.4, 0.5) is 9.59 Å². The Morgan fingerprint density at radius 1 is 0.960 bits per heavy atom. The predicted octanol–water partition coefficient (Wildman–Crippen LogP) is -0.146. The molecule has 0 aliphatic rings. The van der Waals surface area contributed by atoms with Gasteiger partial charge >= 0.3 is 12.2 Å². The lowest BCUT2D eigenvalue weighted by atomic mass is 10.2. The average Bonchev–Trinajstić information content (AvgIpc) is 2.55. The largest absolute Gasteiger partial charge is 0.464 e. The van der Waals surface area contributed by atoms with Gasteiger partial charge in [-0.2, -0.15) is 0 Å². The van der Waals surface area contributed by atoms with Crippen LogP contribution in [0.5, 0.6) is 0 Å². The summed E-state index contributed by atoms with van der Waals surface area (Å²) in [7, 11) is 2.10. The summed E-state index contributed by atoms with van der Waals surface area (Å²) >= 11 is 0. The Hall–Kier alpha value is -3.34. The van der Waals surface area contributed by atoms with Crippen molar-refractivity contribution in [1.29, 1.82) is 0 Å². The van der Waals surface area contributed by atoms with E-state index in [1.807, 2.05) is 10.9 Å².